The van der Waals surface area contributed by atoms with Gasteiger partial charge in [-0.15, -0.1) is 0 Å². The van der Waals surface area contributed by atoms with Crippen molar-refractivity contribution in [2.75, 3.05) is 11.9 Å². The van der Waals surface area contributed by atoms with Crippen LogP contribution in [0.2, 0.25) is 0 Å². The van der Waals surface area contributed by atoms with E-state index in [0.29, 0.717) is 35.3 Å². The summed E-state index contributed by atoms with van der Waals surface area (Å²) < 4.78 is 40.2. The Balaban J connectivity index is 1.29. The summed E-state index contributed by atoms with van der Waals surface area (Å²) in [4.78, 5) is 31.2. The number of carbonyl (C=O) groups is 2. The maximum Gasteiger partial charge on any atom is 0.416 e. The van der Waals surface area contributed by atoms with E-state index in [0.717, 1.165) is 42.1 Å². The SMILES string of the molecule is Cc1c(CN2CCCC2=O)nc2ccc(NC(=O)c3ccc(-c4ccc(C(F)(F)F)cc4)cc3)cn12. The van der Waals surface area contributed by atoms with Gasteiger partial charge >= 0.3 is 6.18 Å². The molecule has 2 aromatic heterocycles. The van der Waals surface area contributed by atoms with Crippen molar-refractivity contribution in [3.63, 3.8) is 0 Å². The molecule has 3 heterocycles. The van der Waals surface area contributed by atoms with Gasteiger partial charge in [0.05, 0.1) is 23.5 Å². The van der Waals surface area contributed by atoms with E-state index in [-0.39, 0.29) is 11.8 Å². The number of nitrogens with one attached hydrogen (secondary N) is 1. The second-order valence-corrected chi connectivity index (χ2v) is 8.82. The van der Waals surface area contributed by atoms with Gasteiger partial charge in [0.2, 0.25) is 5.91 Å². The summed E-state index contributed by atoms with van der Waals surface area (Å²) in [6, 6.07) is 15.1. The van der Waals surface area contributed by atoms with E-state index >= 15 is 0 Å². The zero-order chi connectivity index (χ0) is 25.4. The van der Waals surface area contributed by atoms with Gasteiger partial charge in [-0.25, -0.2) is 4.98 Å². The summed E-state index contributed by atoms with van der Waals surface area (Å²) in [6.07, 6.45) is -1.14. The van der Waals surface area contributed by atoms with Crippen LogP contribution in [0.5, 0.6) is 0 Å². The second-order valence-electron chi connectivity index (χ2n) is 8.82. The molecular formula is C27H23F3N4O2. The van der Waals surface area contributed by atoms with Crippen molar-refractivity contribution >= 4 is 23.1 Å². The molecule has 1 aliphatic heterocycles. The van der Waals surface area contributed by atoms with Gasteiger partial charge in [-0.05, 0) is 60.9 Å². The van der Waals surface area contributed by atoms with Gasteiger partial charge < -0.3 is 14.6 Å². The van der Waals surface area contributed by atoms with Gasteiger partial charge in [-0.1, -0.05) is 24.3 Å². The molecule has 9 heteroatoms. The number of imidazole rings is 1. The third kappa shape index (κ3) is 4.68. The first-order valence-electron chi connectivity index (χ1n) is 11.5. The lowest BCUT2D eigenvalue weighted by atomic mass is 10.0. The lowest BCUT2D eigenvalue weighted by molar-refractivity contribution is -0.137. The summed E-state index contributed by atoms with van der Waals surface area (Å²) in [5.41, 5.74) is 4.10. The number of nitrogens with zero attached hydrogens (tertiary/aromatic N) is 3. The molecule has 36 heavy (non-hydrogen) atoms. The topological polar surface area (TPSA) is 66.7 Å². The minimum Gasteiger partial charge on any atom is -0.337 e. The van der Waals surface area contributed by atoms with Crippen LogP contribution in [0.15, 0.2) is 66.9 Å². The standard InChI is InChI=1S/C27H23F3N4O2/c1-17-23(16-33-14-2-3-25(33)35)32-24-13-12-22(15-34(17)24)31-26(36)20-6-4-18(5-7-20)19-8-10-21(11-9-19)27(28,29)30/h4-13,15H,2-3,14,16H2,1H3,(H,31,36). The molecule has 0 spiro atoms. The highest BCUT2D eigenvalue weighted by molar-refractivity contribution is 6.04. The molecule has 2 amide bonds. The average Bonchev–Trinajstić information content (AvgIpc) is 3.41. The van der Waals surface area contributed by atoms with Gasteiger partial charge in [-0.3, -0.25) is 9.59 Å². The molecule has 1 saturated heterocycles. The highest BCUT2D eigenvalue weighted by atomic mass is 19.4. The molecule has 1 aliphatic rings. The van der Waals surface area contributed by atoms with Gasteiger partial charge in [0.1, 0.15) is 5.65 Å². The van der Waals surface area contributed by atoms with Crippen LogP contribution in [0.1, 0.15) is 40.2 Å². The van der Waals surface area contributed by atoms with Crippen molar-refractivity contribution in [1.29, 1.82) is 0 Å². The molecule has 1 N–H and O–H groups in total. The average molecular weight is 493 g/mol. The first-order chi connectivity index (χ1) is 17.2. The first-order valence-corrected chi connectivity index (χ1v) is 11.5. The molecule has 184 valence electrons. The minimum absolute atomic E-state index is 0.142. The fourth-order valence-electron chi connectivity index (χ4n) is 4.36. The Morgan fingerprint density at radius 2 is 1.67 bits per heavy atom. The molecule has 0 radical (unpaired) electrons. The van der Waals surface area contributed by atoms with Crippen LogP contribution in [0.3, 0.4) is 0 Å². The van der Waals surface area contributed by atoms with E-state index in [1.165, 1.54) is 12.1 Å². The number of pyridine rings is 1. The van der Waals surface area contributed by atoms with E-state index in [4.69, 9.17) is 0 Å². The van der Waals surface area contributed by atoms with Gasteiger partial charge in [-0.2, -0.15) is 13.2 Å². The van der Waals surface area contributed by atoms with Gasteiger partial charge in [0, 0.05) is 30.4 Å². The molecule has 0 saturated carbocycles. The molecule has 4 aromatic rings. The van der Waals surface area contributed by atoms with E-state index in [2.05, 4.69) is 10.3 Å². The normalized spacial score (nSPS) is 14.0. The number of alkyl halides is 3. The molecule has 0 bridgehead atoms. The maximum atomic E-state index is 12.8. The summed E-state index contributed by atoms with van der Waals surface area (Å²) in [5, 5.41) is 2.87. The highest BCUT2D eigenvalue weighted by Gasteiger charge is 2.30. The van der Waals surface area contributed by atoms with E-state index in [1.54, 1.807) is 36.5 Å². The van der Waals surface area contributed by atoms with Crippen LogP contribution >= 0.6 is 0 Å². The largest absolute Gasteiger partial charge is 0.416 e. The van der Waals surface area contributed by atoms with E-state index in [1.807, 2.05) is 22.3 Å². The quantitative estimate of drug-likeness (QED) is 0.389. The summed E-state index contributed by atoms with van der Waals surface area (Å²) >= 11 is 0. The number of hydrogen-bond donors (Lipinski definition) is 1. The number of amides is 2. The number of aryl methyl sites for hydroxylation is 1. The number of anilines is 1. The monoisotopic (exact) mass is 492 g/mol. The summed E-state index contributed by atoms with van der Waals surface area (Å²) in [7, 11) is 0. The number of fused-ring (bicyclic) bond motifs is 1. The number of aromatic nitrogens is 2. The maximum absolute atomic E-state index is 12.8. The lowest BCUT2D eigenvalue weighted by Gasteiger charge is -2.14. The second kappa shape index (κ2) is 9.14. The Hall–Kier alpha value is -4.14. The fourth-order valence-corrected chi connectivity index (χ4v) is 4.36. The smallest absolute Gasteiger partial charge is 0.337 e. The summed E-state index contributed by atoms with van der Waals surface area (Å²) in [5.74, 6) is -0.169. The van der Waals surface area contributed by atoms with E-state index in [9.17, 15) is 22.8 Å². The minimum atomic E-state index is -4.38. The van der Waals surface area contributed by atoms with Crippen molar-refractivity contribution in [1.82, 2.24) is 14.3 Å². The summed E-state index contributed by atoms with van der Waals surface area (Å²) in [6.45, 7) is 3.14. The highest BCUT2D eigenvalue weighted by Crippen LogP contribution is 2.31. The molecule has 0 unspecified atom stereocenters. The fraction of sp³-hybridized carbons (Fsp3) is 0.222. The predicted molar refractivity (Wildman–Crippen MR) is 129 cm³/mol. The molecule has 0 atom stereocenters. The van der Waals surface area contributed by atoms with E-state index < -0.39 is 11.7 Å². The third-order valence-electron chi connectivity index (χ3n) is 6.42. The van der Waals surface area contributed by atoms with Crippen LogP contribution in [0.25, 0.3) is 16.8 Å². The zero-order valence-electron chi connectivity index (χ0n) is 19.5. The molecule has 6 nitrogen and oxygen atoms in total. The van der Waals surface area contributed by atoms with Gasteiger partial charge in [0.25, 0.3) is 5.91 Å². The Morgan fingerprint density at radius 3 is 2.28 bits per heavy atom. The Bertz CT molecular complexity index is 1440. The third-order valence-corrected chi connectivity index (χ3v) is 6.42. The number of likely N-dealkylation sites (tertiary alicyclic amines) is 1. The molecule has 2 aromatic carbocycles. The van der Waals surface area contributed by atoms with Crippen LogP contribution in [0.4, 0.5) is 18.9 Å². The first kappa shape index (κ1) is 23.6. The Kier molecular flexibility index (Phi) is 5.99. The molecule has 1 fully saturated rings. The van der Waals surface area contributed by atoms with Crippen LogP contribution < -0.4 is 5.32 Å². The number of carbonyl (C=O) groups excluding carboxylic acids is 2. The number of halogens is 3. The van der Waals surface area contributed by atoms with Crippen molar-refractivity contribution in [3.05, 3.63) is 89.4 Å². The van der Waals surface area contributed by atoms with Crippen molar-refractivity contribution in [2.24, 2.45) is 0 Å². The zero-order valence-corrected chi connectivity index (χ0v) is 19.5. The molecule has 5 rings (SSSR count). The van der Waals surface area contributed by atoms with Crippen molar-refractivity contribution < 1.29 is 22.8 Å². The molecule has 0 aliphatic carbocycles. The van der Waals surface area contributed by atoms with Crippen molar-refractivity contribution in [2.45, 2.75) is 32.5 Å². The number of hydrogen-bond acceptors (Lipinski definition) is 3. The van der Waals surface area contributed by atoms with Gasteiger partial charge in [0.15, 0.2) is 0 Å². The van der Waals surface area contributed by atoms with Crippen LogP contribution in [-0.4, -0.2) is 32.6 Å². The van der Waals surface area contributed by atoms with Crippen LogP contribution in [-0.2, 0) is 17.5 Å². The number of rotatable bonds is 5. The lowest BCUT2D eigenvalue weighted by Crippen LogP contribution is -2.24. The predicted octanol–water partition coefficient (Wildman–Crippen LogP) is 5.70. The Morgan fingerprint density at radius 1 is 1.00 bits per heavy atom. The number of benzene rings is 2. The van der Waals surface area contributed by atoms with Crippen molar-refractivity contribution in [3.8, 4) is 11.1 Å². The Labute approximate surface area is 205 Å². The molecular weight excluding hydrogens is 469 g/mol. The van der Waals surface area contributed by atoms with Crippen LogP contribution in [0, 0.1) is 6.92 Å².